The van der Waals surface area contributed by atoms with E-state index < -0.39 is 22.2 Å². The molecule has 194 valence electrons. The fraction of sp³-hybridized carbons (Fsp3) is 0.600. The fourth-order valence-electron chi connectivity index (χ4n) is 2.86. The Morgan fingerprint density at radius 3 is 2.18 bits per heavy atom. The van der Waals surface area contributed by atoms with Gasteiger partial charge < -0.3 is 24.8 Å². The molecule has 34 heavy (non-hydrogen) atoms. The molecule has 1 heterocycles. The van der Waals surface area contributed by atoms with Crippen LogP contribution in [0.25, 0.3) is 0 Å². The normalized spacial score (nSPS) is 14.4. The molecule has 1 fully saturated rings. The van der Waals surface area contributed by atoms with E-state index in [1.807, 2.05) is 6.92 Å². The van der Waals surface area contributed by atoms with Crippen LogP contribution in [0.4, 0.5) is 13.2 Å². The Hall–Kier alpha value is -2.42. The van der Waals surface area contributed by atoms with Crippen LogP contribution >= 0.6 is 0 Å². The fourth-order valence-corrected chi connectivity index (χ4v) is 4.29. The van der Waals surface area contributed by atoms with E-state index in [-0.39, 0.29) is 36.9 Å². The van der Waals surface area contributed by atoms with E-state index in [0.717, 1.165) is 13.1 Å². The van der Waals surface area contributed by atoms with Crippen LogP contribution in [0.15, 0.2) is 29.2 Å². The van der Waals surface area contributed by atoms with Crippen molar-refractivity contribution in [2.75, 3.05) is 59.6 Å². The predicted molar refractivity (Wildman–Crippen MR) is 116 cm³/mol. The van der Waals surface area contributed by atoms with Crippen LogP contribution in [0, 0.1) is 0 Å². The van der Waals surface area contributed by atoms with Gasteiger partial charge in [-0.15, -0.1) is 0 Å². The van der Waals surface area contributed by atoms with E-state index in [4.69, 9.17) is 19.4 Å². The van der Waals surface area contributed by atoms with Gasteiger partial charge in [-0.3, -0.25) is 4.79 Å². The number of carbonyl (C=O) groups is 2. The minimum atomic E-state index is -5.08. The maximum Gasteiger partial charge on any atom is 0.490 e. The molecule has 0 bridgehead atoms. The van der Waals surface area contributed by atoms with Gasteiger partial charge in [-0.05, 0) is 31.2 Å². The van der Waals surface area contributed by atoms with E-state index in [1.54, 1.807) is 17.0 Å². The SMILES string of the molecule is CCOc1ccc(S(=O)(=O)N(CCOC)CCC(=O)N2CCNCC2)cc1.O=C(O)C(F)(F)F. The second-order valence-electron chi connectivity index (χ2n) is 6.99. The third-order valence-electron chi connectivity index (χ3n) is 4.60. The molecule has 1 aliphatic heterocycles. The lowest BCUT2D eigenvalue weighted by Crippen LogP contribution is -2.47. The minimum absolute atomic E-state index is 0.0270. The van der Waals surface area contributed by atoms with Gasteiger partial charge in [0.2, 0.25) is 15.9 Å². The molecule has 14 heteroatoms. The molecule has 0 spiro atoms. The number of amides is 1. The summed E-state index contributed by atoms with van der Waals surface area (Å²) in [7, 11) is -2.20. The Labute approximate surface area is 196 Å². The van der Waals surface area contributed by atoms with E-state index >= 15 is 0 Å². The molecule has 1 aromatic rings. The van der Waals surface area contributed by atoms with Crippen LogP contribution in [0.5, 0.6) is 5.75 Å². The minimum Gasteiger partial charge on any atom is -0.494 e. The molecular formula is C20H30F3N3O7S. The van der Waals surface area contributed by atoms with Crippen molar-refractivity contribution in [2.45, 2.75) is 24.4 Å². The standard InChI is InChI=1S/C18H29N3O5S.C2HF3O2/c1-3-26-16-4-6-17(7-5-16)27(23,24)21(14-15-25-2)11-8-18(22)20-12-9-19-10-13-20;3-2(4,5)1(6)7/h4-7,19H,3,8-15H2,1-2H3;(H,6,7). The summed E-state index contributed by atoms with van der Waals surface area (Å²) in [5.74, 6) is -2.16. The van der Waals surface area contributed by atoms with Crippen LogP contribution in [0.3, 0.4) is 0 Å². The molecule has 0 atom stereocenters. The summed E-state index contributed by atoms with van der Waals surface area (Å²) in [6.07, 6.45) is -4.93. The number of carboxylic acids is 1. The first-order valence-electron chi connectivity index (χ1n) is 10.4. The highest BCUT2D eigenvalue weighted by Crippen LogP contribution is 2.20. The Bertz CT molecular complexity index is 874. The topological polar surface area (TPSA) is 125 Å². The number of alkyl halides is 3. The molecule has 2 N–H and O–H groups in total. The lowest BCUT2D eigenvalue weighted by atomic mass is 10.3. The summed E-state index contributed by atoms with van der Waals surface area (Å²) >= 11 is 0. The first kappa shape index (κ1) is 29.6. The van der Waals surface area contributed by atoms with Crippen molar-refractivity contribution in [3.63, 3.8) is 0 Å². The van der Waals surface area contributed by atoms with Crippen molar-refractivity contribution >= 4 is 21.9 Å². The number of ether oxygens (including phenoxy) is 2. The number of piperazine rings is 1. The number of carboxylic acid groups (broad SMARTS) is 1. The Kier molecular flexibility index (Phi) is 12.3. The largest absolute Gasteiger partial charge is 0.494 e. The molecule has 1 aliphatic rings. The van der Waals surface area contributed by atoms with Crippen LogP contribution in [0.2, 0.25) is 0 Å². The zero-order valence-corrected chi connectivity index (χ0v) is 19.8. The van der Waals surface area contributed by atoms with Crippen molar-refractivity contribution in [3.8, 4) is 5.75 Å². The second-order valence-corrected chi connectivity index (χ2v) is 8.92. The number of halogens is 3. The molecule has 0 saturated carbocycles. The zero-order valence-electron chi connectivity index (χ0n) is 19.0. The number of hydrogen-bond acceptors (Lipinski definition) is 7. The molecule has 1 aromatic carbocycles. The Balaban J connectivity index is 0.000000718. The van der Waals surface area contributed by atoms with E-state index in [0.29, 0.717) is 25.4 Å². The second kappa shape index (κ2) is 14.1. The molecule has 0 aromatic heterocycles. The summed E-state index contributed by atoms with van der Waals surface area (Å²) in [5.41, 5.74) is 0. The number of methoxy groups -OCH3 is 1. The van der Waals surface area contributed by atoms with Crippen molar-refractivity contribution in [3.05, 3.63) is 24.3 Å². The zero-order chi connectivity index (χ0) is 25.8. The van der Waals surface area contributed by atoms with Crippen molar-refractivity contribution in [2.24, 2.45) is 0 Å². The van der Waals surface area contributed by atoms with E-state index in [2.05, 4.69) is 5.32 Å². The van der Waals surface area contributed by atoms with Crippen LogP contribution < -0.4 is 10.1 Å². The molecule has 1 saturated heterocycles. The van der Waals surface area contributed by atoms with Crippen LogP contribution in [-0.4, -0.2) is 100 Å². The van der Waals surface area contributed by atoms with Gasteiger partial charge in [0.05, 0.1) is 18.1 Å². The Morgan fingerprint density at radius 1 is 1.15 bits per heavy atom. The molecule has 1 amide bonds. The molecule has 0 radical (unpaired) electrons. The monoisotopic (exact) mass is 513 g/mol. The number of rotatable bonds is 10. The van der Waals surface area contributed by atoms with Gasteiger partial charge in [0.25, 0.3) is 0 Å². The van der Waals surface area contributed by atoms with Gasteiger partial charge in [-0.2, -0.15) is 17.5 Å². The number of hydrogen-bond donors (Lipinski definition) is 2. The van der Waals surface area contributed by atoms with Crippen molar-refractivity contribution < 1.29 is 45.8 Å². The Morgan fingerprint density at radius 2 is 1.71 bits per heavy atom. The van der Waals surface area contributed by atoms with E-state index in [9.17, 15) is 26.4 Å². The third kappa shape index (κ3) is 9.83. The number of nitrogens with one attached hydrogen (secondary N) is 1. The lowest BCUT2D eigenvalue weighted by molar-refractivity contribution is -0.192. The summed E-state index contributed by atoms with van der Waals surface area (Å²) in [6.45, 7) is 5.81. The summed E-state index contributed by atoms with van der Waals surface area (Å²) in [5, 5.41) is 10.3. The van der Waals surface area contributed by atoms with Gasteiger partial charge in [0.1, 0.15) is 5.75 Å². The van der Waals surface area contributed by atoms with Crippen LogP contribution in [0.1, 0.15) is 13.3 Å². The number of benzene rings is 1. The summed E-state index contributed by atoms with van der Waals surface area (Å²) in [6, 6.07) is 6.32. The molecule has 0 aliphatic carbocycles. The predicted octanol–water partition coefficient (Wildman–Crippen LogP) is 1.18. The quantitative estimate of drug-likeness (QED) is 0.478. The highest BCUT2D eigenvalue weighted by atomic mass is 32.2. The average Bonchev–Trinajstić information content (AvgIpc) is 2.79. The first-order chi connectivity index (χ1) is 15.9. The maximum absolute atomic E-state index is 13.0. The number of sulfonamides is 1. The molecule has 0 unspecified atom stereocenters. The van der Waals surface area contributed by atoms with Gasteiger partial charge in [-0.1, -0.05) is 0 Å². The van der Waals surface area contributed by atoms with Crippen molar-refractivity contribution in [1.29, 1.82) is 0 Å². The number of nitrogens with zero attached hydrogens (tertiary/aromatic N) is 2. The highest BCUT2D eigenvalue weighted by Gasteiger charge is 2.38. The first-order valence-corrected chi connectivity index (χ1v) is 11.9. The van der Waals surface area contributed by atoms with Gasteiger partial charge >= 0.3 is 12.1 Å². The molecule has 2 rings (SSSR count). The van der Waals surface area contributed by atoms with Crippen LogP contribution in [-0.2, 0) is 24.3 Å². The summed E-state index contributed by atoms with van der Waals surface area (Å²) in [4.78, 5) is 23.2. The summed E-state index contributed by atoms with van der Waals surface area (Å²) < 4.78 is 69.4. The maximum atomic E-state index is 13.0. The van der Waals surface area contributed by atoms with Crippen molar-refractivity contribution in [1.82, 2.24) is 14.5 Å². The highest BCUT2D eigenvalue weighted by molar-refractivity contribution is 7.89. The lowest BCUT2D eigenvalue weighted by Gasteiger charge is -2.28. The smallest absolute Gasteiger partial charge is 0.490 e. The van der Waals surface area contributed by atoms with Gasteiger partial charge in [0, 0.05) is 52.8 Å². The third-order valence-corrected chi connectivity index (χ3v) is 6.52. The number of carbonyl (C=O) groups excluding carboxylic acids is 1. The molecule has 10 nitrogen and oxygen atoms in total. The average molecular weight is 514 g/mol. The van der Waals surface area contributed by atoms with E-state index in [1.165, 1.54) is 23.5 Å². The van der Waals surface area contributed by atoms with Gasteiger partial charge in [0.15, 0.2) is 0 Å². The number of aliphatic carboxylic acids is 1. The molecular weight excluding hydrogens is 483 g/mol. The van der Waals surface area contributed by atoms with Gasteiger partial charge in [-0.25, -0.2) is 13.2 Å².